The van der Waals surface area contributed by atoms with Gasteiger partial charge in [0, 0.05) is 19.8 Å². The van der Waals surface area contributed by atoms with E-state index < -0.39 is 21.7 Å². The maximum Gasteiger partial charge on any atom is 0.415 e. The predicted octanol–water partition coefficient (Wildman–Crippen LogP) is 4.68. The number of amides is 1. The number of carbonyl (C=O) groups is 1. The zero-order valence-electron chi connectivity index (χ0n) is 18.8. The molecule has 31 heavy (non-hydrogen) atoms. The van der Waals surface area contributed by atoms with Crippen molar-refractivity contribution in [1.29, 1.82) is 0 Å². The summed E-state index contributed by atoms with van der Waals surface area (Å²) in [6.45, 7) is 7.83. The molecule has 1 aromatic heterocycles. The van der Waals surface area contributed by atoms with Crippen molar-refractivity contribution in [2.24, 2.45) is 0 Å². The second kappa shape index (κ2) is 8.96. The molecule has 1 atom stereocenters. The minimum absolute atomic E-state index is 0.284. The normalized spacial score (nSPS) is 17.9. The molecule has 0 N–H and O–H groups in total. The van der Waals surface area contributed by atoms with Crippen molar-refractivity contribution in [3.05, 3.63) is 53.7 Å². The standard InChI is InChI=1S/C23H31N3O4S/c1-17-9-12-19(13-10-17)31(28,29)26-15-7-6-8-20(26)18-11-14-21(24-16-18)25(5)22(27)30-23(2,3)4/h9-14,16,20H,6-8,15H2,1-5H3/t20-/m0/s1. The maximum atomic E-state index is 13.3. The molecular formula is C23H31N3O4S. The van der Waals surface area contributed by atoms with Crippen LogP contribution in [0.3, 0.4) is 0 Å². The summed E-state index contributed by atoms with van der Waals surface area (Å²) >= 11 is 0. The van der Waals surface area contributed by atoms with E-state index in [4.69, 9.17) is 4.74 Å². The summed E-state index contributed by atoms with van der Waals surface area (Å²) in [6, 6.07) is 10.2. The molecule has 1 saturated heterocycles. The quantitative estimate of drug-likeness (QED) is 0.683. The Morgan fingerprint density at radius 1 is 1.13 bits per heavy atom. The number of aromatic nitrogens is 1. The highest BCUT2D eigenvalue weighted by atomic mass is 32.2. The van der Waals surface area contributed by atoms with E-state index in [0.29, 0.717) is 17.3 Å². The average Bonchev–Trinajstić information content (AvgIpc) is 2.72. The topological polar surface area (TPSA) is 79.8 Å². The first kappa shape index (κ1) is 23.2. The van der Waals surface area contributed by atoms with E-state index in [9.17, 15) is 13.2 Å². The Labute approximate surface area is 185 Å². The van der Waals surface area contributed by atoms with E-state index >= 15 is 0 Å². The Morgan fingerprint density at radius 2 is 1.81 bits per heavy atom. The number of carbonyl (C=O) groups excluding carboxylic acids is 1. The van der Waals surface area contributed by atoms with Crippen molar-refractivity contribution in [3.63, 3.8) is 0 Å². The van der Waals surface area contributed by atoms with Crippen molar-refractivity contribution in [3.8, 4) is 0 Å². The number of aryl methyl sites for hydroxylation is 1. The third-order valence-corrected chi connectivity index (χ3v) is 7.17. The van der Waals surface area contributed by atoms with Crippen LogP contribution in [0, 0.1) is 6.92 Å². The highest BCUT2D eigenvalue weighted by Crippen LogP contribution is 2.35. The first-order chi connectivity index (χ1) is 14.5. The number of piperidine rings is 1. The van der Waals surface area contributed by atoms with Gasteiger partial charge in [0.2, 0.25) is 10.0 Å². The average molecular weight is 446 g/mol. The fraction of sp³-hybridized carbons (Fsp3) is 0.478. The van der Waals surface area contributed by atoms with Crippen molar-refractivity contribution >= 4 is 21.9 Å². The van der Waals surface area contributed by atoms with E-state index in [1.165, 1.54) is 4.90 Å². The van der Waals surface area contributed by atoms with Crippen molar-refractivity contribution in [2.45, 2.75) is 63.5 Å². The lowest BCUT2D eigenvalue weighted by Gasteiger charge is -2.35. The number of anilines is 1. The SMILES string of the molecule is Cc1ccc(S(=O)(=O)N2CCCC[C@H]2c2ccc(N(C)C(=O)OC(C)(C)C)nc2)cc1. The first-order valence-electron chi connectivity index (χ1n) is 10.5. The van der Waals surface area contributed by atoms with Gasteiger partial charge in [-0.25, -0.2) is 18.2 Å². The first-order valence-corrected chi connectivity index (χ1v) is 11.9. The summed E-state index contributed by atoms with van der Waals surface area (Å²) in [5.74, 6) is 0.446. The molecule has 0 saturated carbocycles. The molecule has 2 heterocycles. The fourth-order valence-electron chi connectivity index (χ4n) is 3.59. The minimum Gasteiger partial charge on any atom is -0.443 e. The number of benzene rings is 1. The van der Waals surface area contributed by atoms with E-state index in [2.05, 4.69) is 4.98 Å². The van der Waals surface area contributed by atoms with Crippen LogP contribution >= 0.6 is 0 Å². The number of rotatable bonds is 4. The molecule has 2 aromatic rings. The smallest absolute Gasteiger partial charge is 0.415 e. The molecule has 0 unspecified atom stereocenters. The second-order valence-corrected chi connectivity index (χ2v) is 10.8. The van der Waals surface area contributed by atoms with Gasteiger partial charge in [-0.2, -0.15) is 4.31 Å². The molecule has 0 aliphatic carbocycles. The Balaban J connectivity index is 1.83. The van der Waals surface area contributed by atoms with E-state index in [1.54, 1.807) is 56.5 Å². The third-order valence-electron chi connectivity index (χ3n) is 5.25. The molecule has 168 valence electrons. The Morgan fingerprint density at radius 3 is 2.39 bits per heavy atom. The predicted molar refractivity (Wildman–Crippen MR) is 121 cm³/mol. The van der Waals surface area contributed by atoms with Gasteiger partial charge in [-0.15, -0.1) is 0 Å². The number of hydrogen-bond acceptors (Lipinski definition) is 5. The Hall–Kier alpha value is -2.45. The van der Waals surface area contributed by atoms with Crippen molar-refractivity contribution in [1.82, 2.24) is 9.29 Å². The molecule has 0 spiro atoms. The van der Waals surface area contributed by atoms with Gasteiger partial charge in [-0.1, -0.05) is 30.2 Å². The van der Waals surface area contributed by atoms with E-state index in [0.717, 1.165) is 30.4 Å². The molecule has 8 heteroatoms. The summed E-state index contributed by atoms with van der Waals surface area (Å²) in [6.07, 6.45) is 3.67. The van der Waals surface area contributed by atoms with Gasteiger partial charge in [0.05, 0.1) is 10.9 Å². The fourth-order valence-corrected chi connectivity index (χ4v) is 5.27. The third kappa shape index (κ3) is 5.43. The molecular weight excluding hydrogens is 414 g/mol. The highest BCUT2D eigenvalue weighted by molar-refractivity contribution is 7.89. The Bertz CT molecular complexity index is 1010. The summed E-state index contributed by atoms with van der Waals surface area (Å²) in [7, 11) is -2.01. The van der Waals surface area contributed by atoms with Gasteiger partial charge >= 0.3 is 6.09 Å². The number of pyridine rings is 1. The van der Waals surface area contributed by atoms with Crippen LogP contribution in [0.25, 0.3) is 0 Å². The van der Waals surface area contributed by atoms with E-state index in [-0.39, 0.29) is 6.04 Å². The molecule has 1 aromatic carbocycles. The summed E-state index contributed by atoms with van der Waals surface area (Å²) in [4.78, 5) is 18.3. The van der Waals surface area contributed by atoms with Crippen LogP contribution in [0.4, 0.5) is 10.6 Å². The lowest BCUT2D eigenvalue weighted by molar-refractivity contribution is 0.0588. The number of hydrogen-bond donors (Lipinski definition) is 0. The summed E-state index contributed by atoms with van der Waals surface area (Å²) in [5.41, 5.74) is 1.23. The van der Waals surface area contributed by atoms with Gasteiger partial charge < -0.3 is 4.74 Å². The van der Waals surface area contributed by atoms with Gasteiger partial charge in [-0.3, -0.25) is 4.90 Å². The monoisotopic (exact) mass is 445 g/mol. The molecule has 1 aliphatic heterocycles. The van der Waals surface area contributed by atoms with Crippen LogP contribution in [0.5, 0.6) is 0 Å². The van der Waals surface area contributed by atoms with Gasteiger partial charge in [-0.05, 0) is 64.3 Å². The number of sulfonamides is 1. The molecule has 1 amide bonds. The summed E-state index contributed by atoms with van der Waals surface area (Å²) in [5, 5.41) is 0. The zero-order chi connectivity index (χ0) is 22.8. The molecule has 3 rings (SSSR count). The largest absolute Gasteiger partial charge is 0.443 e. The molecule has 1 fully saturated rings. The molecule has 1 aliphatic rings. The number of nitrogens with zero attached hydrogens (tertiary/aromatic N) is 3. The van der Waals surface area contributed by atoms with Gasteiger partial charge in [0.15, 0.2) is 0 Å². The van der Waals surface area contributed by atoms with Crippen LogP contribution in [0.1, 0.15) is 57.2 Å². The number of ether oxygens (including phenoxy) is 1. The van der Waals surface area contributed by atoms with Crippen LogP contribution in [-0.4, -0.2) is 43.0 Å². The highest BCUT2D eigenvalue weighted by Gasteiger charge is 2.34. The van der Waals surface area contributed by atoms with Crippen LogP contribution in [0.2, 0.25) is 0 Å². The molecule has 7 nitrogen and oxygen atoms in total. The maximum absolute atomic E-state index is 13.3. The van der Waals surface area contributed by atoms with Crippen LogP contribution in [0.15, 0.2) is 47.5 Å². The summed E-state index contributed by atoms with van der Waals surface area (Å²) < 4.78 is 33.6. The second-order valence-electron chi connectivity index (χ2n) is 8.93. The van der Waals surface area contributed by atoms with Crippen LogP contribution < -0.4 is 4.90 Å². The van der Waals surface area contributed by atoms with Gasteiger partial charge in [0.1, 0.15) is 11.4 Å². The van der Waals surface area contributed by atoms with Crippen molar-refractivity contribution < 1.29 is 17.9 Å². The zero-order valence-corrected chi connectivity index (χ0v) is 19.6. The minimum atomic E-state index is -3.62. The van der Waals surface area contributed by atoms with Gasteiger partial charge in [0.25, 0.3) is 0 Å². The van der Waals surface area contributed by atoms with Crippen LogP contribution in [-0.2, 0) is 14.8 Å². The van der Waals surface area contributed by atoms with E-state index in [1.807, 2.05) is 25.1 Å². The molecule has 0 bridgehead atoms. The lowest BCUT2D eigenvalue weighted by atomic mass is 9.99. The van der Waals surface area contributed by atoms with Crippen molar-refractivity contribution in [2.75, 3.05) is 18.5 Å². The lowest BCUT2D eigenvalue weighted by Crippen LogP contribution is -2.38. The molecule has 0 radical (unpaired) electrons. The Kier molecular flexibility index (Phi) is 6.71.